The van der Waals surface area contributed by atoms with Crippen LogP contribution in [0.25, 0.3) is 11.1 Å². The molecule has 0 aromatic heterocycles. The number of hydrogen-bond acceptors (Lipinski definition) is 4. The monoisotopic (exact) mass is 522 g/mol. The van der Waals surface area contributed by atoms with E-state index in [9.17, 15) is 4.79 Å². The highest BCUT2D eigenvalue weighted by Crippen LogP contribution is 2.28. The van der Waals surface area contributed by atoms with E-state index in [2.05, 4.69) is 13.8 Å². The Bertz CT molecular complexity index is 1080. The molecular weight excluding hydrogens is 484 g/mol. The van der Waals surface area contributed by atoms with Gasteiger partial charge in [0.05, 0.1) is 23.8 Å². The number of carbonyl (C=O) groups is 1. The third-order valence-corrected chi connectivity index (χ3v) is 6.49. The Hall–Kier alpha value is -2.98. The van der Waals surface area contributed by atoms with E-state index in [-0.39, 0.29) is 0 Å². The molecule has 0 amide bonds. The van der Waals surface area contributed by atoms with Crippen LogP contribution in [0.2, 0.25) is 5.02 Å². The summed E-state index contributed by atoms with van der Waals surface area (Å²) in [6.45, 7) is 5.75. The SMILES string of the molecule is CCCCCCCCOc1ccc(-c2ccc(OC(=O)c3ccc(OCCCCC)c(Cl)c3)cc2)cc1. The normalized spacial score (nSPS) is 10.8. The van der Waals surface area contributed by atoms with Crippen molar-refractivity contribution in [3.63, 3.8) is 0 Å². The minimum Gasteiger partial charge on any atom is -0.494 e. The maximum Gasteiger partial charge on any atom is 0.343 e. The van der Waals surface area contributed by atoms with Crippen molar-refractivity contribution < 1.29 is 19.0 Å². The molecule has 3 aromatic carbocycles. The molecule has 0 N–H and O–H groups in total. The van der Waals surface area contributed by atoms with Crippen molar-refractivity contribution in [3.05, 3.63) is 77.3 Å². The number of carbonyl (C=O) groups excluding carboxylic acids is 1. The van der Waals surface area contributed by atoms with Gasteiger partial charge in [0.1, 0.15) is 17.2 Å². The zero-order chi connectivity index (χ0) is 26.3. The molecule has 0 radical (unpaired) electrons. The number of benzene rings is 3. The Balaban J connectivity index is 1.47. The van der Waals surface area contributed by atoms with Crippen LogP contribution in [0.3, 0.4) is 0 Å². The number of unbranched alkanes of at least 4 members (excludes halogenated alkanes) is 7. The van der Waals surface area contributed by atoms with Gasteiger partial charge in [-0.15, -0.1) is 0 Å². The van der Waals surface area contributed by atoms with Crippen LogP contribution in [0.4, 0.5) is 0 Å². The molecule has 37 heavy (non-hydrogen) atoms. The number of hydrogen-bond donors (Lipinski definition) is 0. The van der Waals surface area contributed by atoms with Crippen LogP contribution < -0.4 is 14.2 Å². The predicted molar refractivity (Wildman–Crippen MR) is 152 cm³/mol. The summed E-state index contributed by atoms with van der Waals surface area (Å²) in [7, 11) is 0. The highest BCUT2D eigenvalue weighted by atomic mass is 35.5. The fourth-order valence-electron chi connectivity index (χ4n) is 3.98. The van der Waals surface area contributed by atoms with Crippen LogP contribution >= 0.6 is 11.6 Å². The fraction of sp³-hybridized carbons (Fsp3) is 0.406. The molecule has 0 atom stereocenters. The molecule has 0 heterocycles. The lowest BCUT2D eigenvalue weighted by Crippen LogP contribution is -2.08. The highest BCUT2D eigenvalue weighted by Gasteiger charge is 2.12. The third-order valence-electron chi connectivity index (χ3n) is 6.19. The number of esters is 1. The van der Waals surface area contributed by atoms with Crippen LogP contribution in [0, 0.1) is 0 Å². The molecule has 3 aromatic rings. The van der Waals surface area contributed by atoms with Crippen molar-refractivity contribution in [1.29, 1.82) is 0 Å². The molecule has 5 heteroatoms. The van der Waals surface area contributed by atoms with Crippen LogP contribution in [0.1, 0.15) is 82.0 Å². The van der Waals surface area contributed by atoms with E-state index >= 15 is 0 Å². The van der Waals surface area contributed by atoms with E-state index in [4.69, 9.17) is 25.8 Å². The van der Waals surface area contributed by atoms with E-state index < -0.39 is 5.97 Å². The van der Waals surface area contributed by atoms with Gasteiger partial charge in [0.25, 0.3) is 0 Å². The maximum atomic E-state index is 12.6. The van der Waals surface area contributed by atoms with Crippen molar-refractivity contribution in [2.45, 2.75) is 71.6 Å². The van der Waals surface area contributed by atoms with Gasteiger partial charge in [-0.05, 0) is 66.4 Å². The number of rotatable bonds is 16. The first-order valence-corrected chi connectivity index (χ1v) is 14.0. The minimum absolute atomic E-state index is 0.381. The number of ether oxygens (including phenoxy) is 3. The Morgan fingerprint density at radius 3 is 1.84 bits per heavy atom. The van der Waals surface area contributed by atoms with Crippen molar-refractivity contribution in [3.8, 4) is 28.4 Å². The van der Waals surface area contributed by atoms with Crippen LogP contribution in [-0.4, -0.2) is 19.2 Å². The first-order valence-electron chi connectivity index (χ1n) is 13.6. The van der Waals surface area contributed by atoms with Gasteiger partial charge in [-0.3, -0.25) is 0 Å². The molecule has 198 valence electrons. The summed E-state index contributed by atoms with van der Waals surface area (Å²) in [5, 5.41) is 0.403. The molecule has 4 nitrogen and oxygen atoms in total. The highest BCUT2D eigenvalue weighted by molar-refractivity contribution is 6.32. The summed E-state index contributed by atoms with van der Waals surface area (Å²) in [4.78, 5) is 12.6. The summed E-state index contributed by atoms with van der Waals surface area (Å²) in [6.07, 6.45) is 10.7. The summed E-state index contributed by atoms with van der Waals surface area (Å²) < 4.78 is 17.1. The molecule has 0 saturated heterocycles. The van der Waals surface area contributed by atoms with E-state index in [1.165, 1.54) is 32.1 Å². The molecule has 0 aliphatic rings. The van der Waals surface area contributed by atoms with Gasteiger partial charge in [-0.1, -0.05) is 94.7 Å². The fourth-order valence-corrected chi connectivity index (χ4v) is 4.21. The Morgan fingerprint density at radius 1 is 0.649 bits per heavy atom. The van der Waals surface area contributed by atoms with Crippen molar-refractivity contribution in [2.75, 3.05) is 13.2 Å². The predicted octanol–water partition coefficient (Wildman–Crippen LogP) is 9.53. The molecule has 0 bridgehead atoms. The Labute approximate surface area is 226 Å². The van der Waals surface area contributed by atoms with Gasteiger partial charge in [-0.25, -0.2) is 4.79 Å². The molecular formula is C32H39ClO4. The average molecular weight is 523 g/mol. The van der Waals surface area contributed by atoms with Gasteiger partial charge in [0.2, 0.25) is 0 Å². The smallest absolute Gasteiger partial charge is 0.343 e. The quantitative estimate of drug-likeness (QED) is 0.107. The van der Waals surface area contributed by atoms with Crippen LogP contribution in [0.15, 0.2) is 66.7 Å². The zero-order valence-electron chi connectivity index (χ0n) is 22.1. The zero-order valence-corrected chi connectivity index (χ0v) is 22.9. The first kappa shape index (κ1) is 28.6. The lowest BCUT2D eigenvalue weighted by molar-refractivity contribution is 0.0734. The van der Waals surface area contributed by atoms with Gasteiger partial charge >= 0.3 is 5.97 Å². The lowest BCUT2D eigenvalue weighted by Gasteiger charge is -2.10. The lowest BCUT2D eigenvalue weighted by atomic mass is 10.1. The van der Waals surface area contributed by atoms with Crippen LogP contribution in [-0.2, 0) is 0 Å². The molecule has 0 spiro atoms. The molecule has 0 saturated carbocycles. The first-order chi connectivity index (χ1) is 18.1. The largest absolute Gasteiger partial charge is 0.494 e. The van der Waals surface area contributed by atoms with E-state index in [1.54, 1.807) is 30.3 Å². The van der Waals surface area contributed by atoms with Crippen molar-refractivity contribution >= 4 is 17.6 Å². The second-order valence-electron chi connectivity index (χ2n) is 9.26. The summed E-state index contributed by atoms with van der Waals surface area (Å²) in [5.74, 6) is 1.49. The Morgan fingerprint density at radius 2 is 1.19 bits per heavy atom. The minimum atomic E-state index is -0.459. The van der Waals surface area contributed by atoms with E-state index in [0.717, 1.165) is 49.2 Å². The van der Waals surface area contributed by atoms with Gasteiger partial charge in [-0.2, -0.15) is 0 Å². The third kappa shape index (κ3) is 9.77. The molecule has 0 aliphatic carbocycles. The summed E-state index contributed by atoms with van der Waals surface area (Å²) in [6, 6.07) is 20.5. The standard InChI is InChI=1S/C32H39ClO4/c1-3-5-7-8-9-11-22-35-28-17-12-25(13-18-28)26-14-19-29(20-15-26)37-32(34)27-16-21-31(30(33)24-27)36-23-10-6-4-2/h12-21,24H,3-11,22-23H2,1-2H3. The molecule has 0 fully saturated rings. The van der Waals surface area contributed by atoms with Gasteiger partial charge in [0, 0.05) is 0 Å². The number of halogens is 1. The second kappa shape index (κ2) is 16.0. The van der Waals surface area contributed by atoms with Crippen LogP contribution in [0.5, 0.6) is 17.2 Å². The Kier molecular flexibility index (Phi) is 12.4. The van der Waals surface area contributed by atoms with Gasteiger partial charge < -0.3 is 14.2 Å². The molecule has 0 unspecified atom stereocenters. The van der Waals surface area contributed by atoms with Crippen molar-refractivity contribution in [2.24, 2.45) is 0 Å². The molecule has 0 aliphatic heterocycles. The average Bonchev–Trinajstić information content (AvgIpc) is 2.92. The maximum absolute atomic E-state index is 12.6. The topological polar surface area (TPSA) is 44.8 Å². The van der Waals surface area contributed by atoms with E-state index in [0.29, 0.717) is 28.7 Å². The summed E-state index contributed by atoms with van der Waals surface area (Å²) >= 11 is 6.31. The molecule has 3 rings (SSSR count). The second-order valence-corrected chi connectivity index (χ2v) is 9.66. The van der Waals surface area contributed by atoms with Gasteiger partial charge in [0.15, 0.2) is 0 Å². The van der Waals surface area contributed by atoms with Crippen molar-refractivity contribution in [1.82, 2.24) is 0 Å². The summed E-state index contributed by atoms with van der Waals surface area (Å²) in [5.41, 5.74) is 2.49. The van der Waals surface area contributed by atoms with E-state index in [1.807, 2.05) is 36.4 Å².